The number of anilines is 1. The van der Waals surface area contributed by atoms with Gasteiger partial charge in [-0.25, -0.2) is 25.9 Å². The number of hydrogen-bond donors (Lipinski definition) is 1. The van der Waals surface area contributed by atoms with Crippen molar-refractivity contribution >= 4 is 31.6 Å². The Morgan fingerprint density at radius 1 is 1.30 bits per heavy atom. The molecule has 1 N–H and O–H groups in total. The zero-order valence-corrected chi connectivity index (χ0v) is 18.8. The van der Waals surface area contributed by atoms with E-state index in [2.05, 4.69) is 4.72 Å². The summed E-state index contributed by atoms with van der Waals surface area (Å²) in [7, 11) is -4.00. The minimum absolute atomic E-state index is 0.0142. The number of sulfonamides is 2. The number of benzene rings is 1. The van der Waals surface area contributed by atoms with Gasteiger partial charge in [0.15, 0.2) is 0 Å². The predicted molar refractivity (Wildman–Crippen MR) is 112 cm³/mol. The molecule has 2 heterocycles. The number of nitrogens with zero attached hydrogens (tertiary/aromatic N) is 2. The van der Waals surface area contributed by atoms with Gasteiger partial charge in [0.05, 0.1) is 34.6 Å². The Labute approximate surface area is 176 Å². The van der Waals surface area contributed by atoms with Gasteiger partial charge >= 0.3 is 0 Å². The third-order valence-electron chi connectivity index (χ3n) is 5.00. The molecule has 0 saturated carbocycles. The smallest absolute Gasteiger partial charge is 0.244 e. The van der Waals surface area contributed by atoms with Crippen LogP contribution in [0.4, 0.5) is 5.69 Å². The molecule has 0 unspecified atom stereocenters. The standard InChI is InChI=1S/C19H25N3O6S2/c1-13-10-15(22-19(23)14(2)12-29(22,24)25)7-8-18(13)30(26,27)20-11-16(21(3)4)17-6-5-9-28-17/h5-10,14,16,20H,11-12H2,1-4H3/t14-,16-/m1/s1. The molecule has 1 aliphatic heterocycles. The molecule has 1 aromatic carbocycles. The highest BCUT2D eigenvalue weighted by Gasteiger charge is 2.42. The van der Waals surface area contributed by atoms with Gasteiger partial charge in [-0.3, -0.25) is 9.69 Å². The number of rotatable bonds is 7. The van der Waals surface area contributed by atoms with E-state index in [1.807, 2.05) is 19.0 Å². The summed E-state index contributed by atoms with van der Waals surface area (Å²) in [6, 6.07) is 7.26. The monoisotopic (exact) mass is 455 g/mol. The van der Waals surface area contributed by atoms with Crippen molar-refractivity contribution in [3.8, 4) is 0 Å². The first-order valence-corrected chi connectivity index (χ1v) is 12.4. The van der Waals surface area contributed by atoms with Crippen molar-refractivity contribution in [2.24, 2.45) is 5.92 Å². The van der Waals surface area contributed by atoms with Crippen molar-refractivity contribution in [2.75, 3.05) is 30.7 Å². The molecule has 2 aromatic rings. The maximum Gasteiger partial charge on any atom is 0.244 e. The molecule has 0 radical (unpaired) electrons. The lowest BCUT2D eigenvalue weighted by Crippen LogP contribution is -2.34. The van der Waals surface area contributed by atoms with E-state index in [4.69, 9.17) is 4.42 Å². The van der Waals surface area contributed by atoms with Crippen LogP contribution in [0, 0.1) is 12.8 Å². The van der Waals surface area contributed by atoms with E-state index in [0.717, 1.165) is 4.31 Å². The molecule has 11 heteroatoms. The number of nitrogens with one attached hydrogen (secondary N) is 1. The van der Waals surface area contributed by atoms with Gasteiger partial charge in [0.25, 0.3) is 0 Å². The minimum atomic E-state index is -3.88. The van der Waals surface area contributed by atoms with Crippen molar-refractivity contribution in [1.29, 1.82) is 0 Å². The SMILES string of the molecule is Cc1cc(N2C(=O)[C@H](C)CS2(=O)=O)ccc1S(=O)(=O)NC[C@H](c1ccco1)N(C)C. The average molecular weight is 456 g/mol. The average Bonchev–Trinajstić information content (AvgIpc) is 3.21. The topological polar surface area (TPSA) is 117 Å². The van der Waals surface area contributed by atoms with Crippen LogP contribution in [0.1, 0.15) is 24.3 Å². The van der Waals surface area contributed by atoms with Gasteiger partial charge in [0.1, 0.15) is 5.76 Å². The highest BCUT2D eigenvalue weighted by atomic mass is 32.2. The van der Waals surface area contributed by atoms with Crippen LogP contribution in [0.15, 0.2) is 45.9 Å². The Balaban J connectivity index is 1.84. The van der Waals surface area contributed by atoms with E-state index in [0.29, 0.717) is 11.3 Å². The molecule has 1 saturated heterocycles. The van der Waals surface area contributed by atoms with Crippen molar-refractivity contribution in [3.63, 3.8) is 0 Å². The molecule has 0 spiro atoms. The molecule has 9 nitrogen and oxygen atoms in total. The summed E-state index contributed by atoms with van der Waals surface area (Å²) < 4.78 is 59.0. The van der Waals surface area contributed by atoms with Gasteiger partial charge in [-0.05, 0) is 56.9 Å². The Bertz CT molecular complexity index is 1140. The molecule has 164 valence electrons. The Kier molecular flexibility index (Phi) is 6.10. The van der Waals surface area contributed by atoms with Crippen LogP contribution in [0.5, 0.6) is 0 Å². The molecular weight excluding hydrogens is 430 g/mol. The highest BCUT2D eigenvalue weighted by Crippen LogP contribution is 2.30. The fourth-order valence-electron chi connectivity index (χ4n) is 3.43. The first-order chi connectivity index (χ1) is 13.9. The summed E-state index contributed by atoms with van der Waals surface area (Å²) in [4.78, 5) is 14.1. The van der Waals surface area contributed by atoms with Crippen LogP contribution >= 0.6 is 0 Å². The zero-order chi connectivity index (χ0) is 22.3. The normalized spacial score (nSPS) is 20.1. The molecule has 0 aliphatic carbocycles. The lowest BCUT2D eigenvalue weighted by atomic mass is 10.2. The number of carbonyl (C=O) groups excluding carboxylic acids is 1. The van der Waals surface area contributed by atoms with Gasteiger partial charge in [-0.15, -0.1) is 0 Å². The fourth-order valence-corrected chi connectivity index (χ4v) is 6.51. The number of likely N-dealkylation sites (N-methyl/N-ethyl adjacent to an activating group) is 1. The lowest BCUT2D eigenvalue weighted by molar-refractivity contribution is -0.119. The first kappa shape index (κ1) is 22.5. The molecule has 3 rings (SSSR count). The van der Waals surface area contributed by atoms with Crippen molar-refractivity contribution in [1.82, 2.24) is 9.62 Å². The van der Waals surface area contributed by atoms with Gasteiger partial charge in [-0.2, -0.15) is 0 Å². The molecule has 1 aliphatic rings. The van der Waals surface area contributed by atoms with Crippen molar-refractivity contribution in [3.05, 3.63) is 47.9 Å². The Morgan fingerprint density at radius 3 is 2.50 bits per heavy atom. The summed E-state index contributed by atoms with van der Waals surface area (Å²) >= 11 is 0. The van der Waals surface area contributed by atoms with Gasteiger partial charge < -0.3 is 4.42 Å². The van der Waals surface area contributed by atoms with Crippen molar-refractivity contribution in [2.45, 2.75) is 24.8 Å². The van der Waals surface area contributed by atoms with Gasteiger partial charge in [0, 0.05) is 6.54 Å². The molecule has 1 fully saturated rings. The molecule has 1 amide bonds. The predicted octanol–water partition coefficient (Wildman–Crippen LogP) is 1.48. The number of aryl methyl sites for hydroxylation is 1. The van der Waals surface area contributed by atoms with E-state index in [1.54, 1.807) is 26.0 Å². The van der Waals surface area contributed by atoms with Crippen LogP contribution in [-0.2, 0) is 24.8 Å². The van der Waals surface area contributed by atoms with Gasteiger partial charge in [-0.1, -0.05) is 6.92 Å². The molecule has 30 heavy (non-hydrogen) atoms. The second kappa shape index (κ2) is 8.14. The number of furan rings is 1. The third kappa shape index (κ3) is 4.29. The summed E-state index contributed by atoms with van der Waals surface area (Å²) in [6.07, 6.45) is 1.53. The van der Waals surface area contributed by atoms with Crippen LogP contribution in [0.3, 0.4) is 0 Å². The van der Waals surface area contributed by atoms with E-state index < -0.39 is 31.9 Å². The lowest BCUT2D eigenvalue weighted by Gasteiger charge is -2.23. The van der Waals surface area contributed by atoms with E-state index in [-0.39, 0.29) is 28.9 Å². The van der Waals surface area contributed by atoms with E-state index in [9.17, 15) is 21.6 Å². The van der Waals surface area contributed by atoms with Crippen LogP contribution in [0.25, 0.3) is 0 Å². The summed E-state index contributed by atoms with van der Waals surface area (Å²) in [5.41, 5.74) is 0.476. The highest BCUT2D eigenvalue weighted by molar-refractivity contribution is 7.94. The van der Waals surface area contributed by atoms with E-state index in [1.165, 1.54) is 24.5 Å². The summed E-state index contributed by atoms with van der Waals surface area (Å²) in [6.45, 7) is 3.20. The first-order valence-electron chi connectivity index (χ1n) is 9.31. The maximum atomic E-state index is 12.9. The third-order valence-corrected chi connectivity index (χ3v) is 8.46. The van der Waals surface area contributed by atoms with Gasteiger partial charge in [0.2, 0.25) is 26.0 Å². The summed E-state index contributed by atoms with van der Waals surface area (Å²) in [5, 5.41) is 0. The molecular formula is C19H25N3O6S2. The summed E-state index contributed by atoms with van der Waals surface area (Å²) in [5.74, 6) is -0.785. The van der Waals surface area contributed by atoms with Crippen LogP contribution in [-0.4, -0.2) is 54.0 Å². The molecule has 2 atom stereocenters. The molecule has 0 bridgehead atoms. The fraction of sp³-hybridized carbons (Fsp3) is 0.421. The van der Waals surface area contributed by atoms with E-state index >= 15 is 0 Å². The van der Waals surface area contributed by atoms with Crippen molar-refractivity contribution < 1.29 is 26.0 Å². The number of carbonyl (C=O) groups is 1. The van der Waals surface area contributed by atoms with Crippen LogP contribution in [0.2, 0.25) is 0 Å². The van der Waals surface area contributed by atoms with Crippen LogP contribution < -0.4 is 9.03 Å². The Hall–Kier alpha value is -2.21. The number of amides is 1. The quantitative estimate of drug-likeness (QED) is 0.672. The number of hydrogen-bond acceptors (Lipinski definition) is 7. The molecule has 1 aromatic heterocycles. The zero-order valence-electron chi connectivity index (χ0n) is 17.2. The second-order valence-electron chi connectivity index (χ2n) is 7.58. The minimum Gasteiger partial charge on any atom is -0.468 e. The Morgan fingerprint density at radius 2 is 2.00 bits per heavy atom. The second-order valence-corrected chi connectivity index (χ2v) is 11.2. The largest absolute Gasteiger partial charge is 0.468 e. The maximum absolute atomic E-state index is 12.9.